The van der Waals surface area contributed by atoms with Crippen LogP contribution in [0.25, 0.3) is 0 Å². The molecule has 0 bridgehead atoms. The molecule has 0 saturated carbocycles. The fourth-order valence-corrected chi connectivity index (χ4v) is 3.03. The van der Waals surface area contributed by atoms with Crippen LogP contribution in [0.5, 0.6) is 0 Å². The van der Waals surface area contributed by atoms with Gasteiger partial charge >= 0.3 is 0 Å². The van der Waals surface area contributed by atoms with Crippen molar-refractivity contribution in [3.63, 3.8) is 0 Å². The summed E-state index contributed by atoms with van der Waals surface area (Å²) in [6.45, 7) is 1.81. The molecule has 0 aliphatic carbocycles. The molecule has 0 spiro atoms. The number of carbonyl (C=O) groups is 2. The van der Waals surface area contributed by atoms with Gasteiger partial charge in [-0.05, 0) is 49.7 Å². The number of hydrogen-bond donors (Lipinski definition) is 3. The van der Waals surface area contributed by atoms with Crippen LogP contribution in [0.3, 0.4) is 0 Å². The van der Waals surface area contributed by atoms with Gasteiger partial charge in [-0.2, -0.15) is 0 Å². The molecular weight excluding hydrogens is 354 g/mol. The number of aryl methyl sites for hydroxylation is 2. The minimum atomic E-state index is -3.47. The van der Waals surface area contributed by atoms with Gasteiger partial charge in [0.15, 0.2) is 0 Å². The van der Waals surface area contributed by atoms with E-state index in [0.717, 1.165) is 11.1 Å². The summed E-state index contributed by atoms with van der Waals surface area (Å²) in [7, 11) is -2.13. The Hall–Kier alpha value is -2.71. The summed E-state index contributed by atoms with van der Waals surface area (Å²) in [5.41, 5.74) is 6.90. The van der Waals surface area contributed by atoms with Gasteiger partial charge in [-0.3, -0.25) is 20.4 Å². The van der Waals surface area contributed by atoms with Crippen LogP contribution in [0.1, 0.15) is 27.9 Å². The number of hydrogen-bond acceptors (Lipinski definition) is 4. The van der Waals surface area contributed by atoms with Crippen molar-refractivity contribution < 1.29 is 18.0 Å². The highest BCUT2D eigenvalue weighted by Gasteiger charge is 2.12. The monoisotopic (exact) mass is 375 g/mol. The molecule has 0 saturated heterocycles. The van der Waals surface area contributed by atoms with Gasteiger partial charge in [0, 0.05) is 12.0 Å². The van der Waals surface area contributed by atoms with Gasteiger partial charge in [0.25, 0.3) is 5.91 Å². The van der Waals surface area contributed by atoms with Gasteiger partial charge in [-0.1, -0.05) is 30.3 Å². The van der Waals surface area contributed by atoms with Crippen LogP contribution in [-0.4, -0.2) is 27.3 Å². The van der Waals surface area contributed by atoms with Crippen LogP contribution >= 0.6 is 0 Å². The molecule has 0 aliphatic rings. The summed E-state index contributed by atoms with van der Waals surface area (Å²) in [5.74, 6) is -0.711. The zero-order valence-corrected chi connectivity index (χ0v) is 15.4. The van der Waals surface area contributed by atoms with E-state index in [4.69, 9.17) is 0 Å². The van der Waals surface area contributed by atoms with Crippen molar-refractivity contribution >= 4 is 21.8 Å². The summed E-state index contributed by atoms with van der Waals surface area (Å²) >= 11 is 0. The molecule has 2 aromatic rings. The van der Waals surface area contributed by atoms with Crippen LogP contribution in [-0.2, 0) is 21.2 Å². The number of sulfonamides is 1. The summed E-state index contributed by atoms with van der Waals surface area (Å²) in [4.78, 5) is 24.1. The first-order valence-corrected chi connectivity index (χ1v) is 9.49. The highest BCUT2D eigenvalue weighted by molar-refractivity contribution is 7.89. The molecule has 2 aromatic carbocycles. The Kier molecular flexibility index (Phi) is 6.48. The molecule has 8 heteroatoms. The maximum atomic E-state index is 12.0. The van der Waals surface area contributed by atoms with E-state index >= 15 is 0 Å². The lowest BCUT2D eigenvalue weighted by atomic mass is 10.1. The third-order valence-electron chi connectivity index (χ3n) is 3.85. The van der Waals surface area contributed by atoms with Crippen LogP contribution in [0.2, 0.25) is 0 Å². The third-order valence-corrected chi connectivity index (χ3v) is 5.28. The first kappa shape index (κ1) is 19.6. The topological polar surface area (TPSA) is 104 Å². The van der Waals surface area contributed by atoms with E-state index in [1.807, 2.05) is 19.1 Å². The second-order valence-electron chi connectivity index (χ2n) is 5.67. The molecule has 0 atom stereocenters. The fraction of sp³-hybridized carbons (Fsp3) is 0.222. The molecule has 0 unspecified atom stereocenters. The van der Waals surface area contributed by atoms with E-state index in [-0.39, 0.29) is 23.1 Å². The van der Waals surface area contributed by atoms with Crippen LogP contribution in [0, 0.1) is 6.92 Å². The number of nitrogens with one attached hydrogen (secondary N) is 3. The number of amides is 2. The highest BCUT2D eigenvalue weighted by atomic mass is 32.2. The Bertz CT molecular complexity index is 893. The van der Waals surface area contributed by atoms with Crippen LogP contribution < -0.4 is 15.6 Å². The normalized spacial score (nSPS) is 11.0. The summed E-state index contributed by atoms with van der Waals surface area (Å²) in [6, 6.07) is 13.4. The average Bonchev–Trinajstić information content (AvgIpc) is 2.65. The minimum Gasteiger partial charge on any atom is -0.273 e. The van der Waals surface area contributed by atoms with Gasteiger partial charge in [0.2, 0.25) is 15.9 Å². The number of benzene rings is 2. The second-order valence-corrected chi connectivity index (χ2v) is 7.56. The van der Waals surface area contributed by atoms with E-state index < -0.39 is 10.0 Å². The van der Waals surface area contributed by atoms with E-state index in [1.54, 1.807) is 24.3 Å². The smallest absolute Gasteiger partial charge is 0.269 e. The standard InChI is InChI=1S/C18H21N3O4S/c1-13-5-3-4-6-16(13)18(23)21-20-17(22)12-9-14-7-10-15(11-8-14)26(24,25)19-2/h3-8,10-11,19H,9,12H2,1-2H3,(H,20,22)(H,21,23). The van der Waals surface area contributed by atoms with Crippen molar-refractivity contribution in [2.75, 3.05) is 7.05 Å². The molecule has 0 aliphatic heterocycles. The fourth-order valence-electron chi connectivity index (χ4n) is 2.29. The quantitative estimate of drug-likeness (QED) is 0.662. The SMILES string of the molecule is CNS(=O)(=O)c1ccc(CCC(=O)NNC(=O)c2ccccc2C)cc1. The molecule has 2 amide bonds. The predicted octanol–water partition coefficient (Wildman–Crippen LogP) is 1.30. The molecule has 7 nitrogen and oxygen atoms in total. The average molecular weight is 375 g/mol. The van der Waals surface area contributed by atoms with Crippen molar-refractivity contribution in [3.05, 3.63) is 65.2 Å². The van der Waals surface area contributed by atoms with Crippen LogP contribution in [0.15, 0.2) is 53.4 Å². The second kappa shape index (κ2) is 8.59. The molecule has 0 aromatic heterocycles. The van der Waals surface area contributed by atoms with Gasteiger partial charge in [0.05, 0.1) is 4.90 Å². The molecule has 0 fully saturated rings. The van der Waals surface area contributed by atoms with Crippen molar-refractivity contribution in [1.29, 1.82) is 0 Å². The largest absolute Gasteiger partial charge is 0.273 e. The lowest BCUT2D eigenvalue weighted by Gasteiger charge is -2.09. The van der Waals surface area contributed by atoms with E-state index in [9.17, 15) is 18.0 Å². The third kappa shape index (κ3) is 5.14. The van der Waals surface area contributed by atoms with E-state index in [2.05, 4.69) is 15.6 Å². The first-order chi connectivity index (χ1) is 12.3. The van der Waals surface area contributed by atoms with Gasteiger partial charge in [-0.25, -0.2) is 13.1 Å². The minimum absolute atomic E-state index is 0.159. The van der Waals surface area contributed by atoms with Gasteiger partial charge in [0.1, 0.15) is 0 Å². The van der Waals surface area contributed by atoms with E-state index in [0.29, 0.717) is 12.0 Å². The van der Waals surface area contributed by atoms with Crippen molar-refractivity contribution in [1.82, 2.24) is 15.6 Å². The Labute approximate surface area is 152 Å². The van der Waals surface area contributed by atoms with Gasteiger partial charge < -0.3 is 0 Å². The van der Waals surface area contributed by atoms with E-state index in [1.165, 1.54) is 19.2 Å². The number of rotatable bonds is 6. The first-order valence-electron chi connectivity index (χ1n) is 8.01. The van der Waals surface area contributed by atoms with Crippen molar-refractivity contribution in [2.45, 2.75) is 24.7 Å². The molecule has 0 radical (unpaired) electrons. The molecule has 26 heavy (non-hydrogen) atoms. The number of hydrazine groups is 1. The number of carbonyl (C=O) groups excluding carboxylic acids is 2. The lowest BCUT2D eigenvalue weighted by molar-refractivity contribution is -0.121. The Morgan fingerprint density at radius 2 is 1.62 bits per heavy atom. The maximum absolute atomic E-state index is 12.0. The van der Waals surface area contributed by atoms with Gasteiger partial charge in [-0.15, -0.1) is 0 Å². The highest BCUT2D eigenvalue weighted by Crippen LogP contribution is 2.11. The predicted molar refractivity (Wildman–Crippen MR) is 97.8 cm³/mol. The summed E-state index contributed by atoms with van der Waals surface area (Å²) in [5, 5.41) is 0. The lowest BCUT2D eigenvalue weighted by Crippen LogP contribution is -2.41. The van der Waals surface area contributed by atoms with Crippen LogP contribution in [0.4, 0.5) is 0 Å². The molecule has 2 rings (SSSR count). The zero-order chi connectivity index (χ0) is 19.2. The van der Waals surface area contributed by atoms with Crippen molar-refractivity contribution in [3.8, 4) is 0 Å². The molecular formula is C18H21N3O4S. The zero-order valence-electron chi connectivity index (χ0n) is 14.6. The summed E-state index contributed by atoms with van der Waals surface area (Å²) < 4.78 is 25.5. The molecule has 3 N–H and O–H groups in total. The van der Waals surface area contributed by atoms with Crippen molar-refractivity contribution in [2.24, 2.45) is 0 Å². The molecule has 0 heterocycles. The Morgan fingerprint density at radius 1 is 0.962 bits per heavy atom. The summed E-state index contributed by atoms with van der Waals surface area (Å²) in [6.07, 6.45) is 0.581. The Balaban J connectivity index is 1.84. The maximum Gasteiger partial charge on any atom is 0.269 e. The Morgan fingerprint density at radius 3 is 2.23 bits per heavy atom. The molecule has 138 valence electrons.